The van der Waals surface area contributed by atoms with Crippen molar-refractivity contribution in [2.75, 3.05) is 0 Å². The van der Waals surface area contributed by atoms with E-state index >= 15 is 0 Å². The SMILES string of the molecule is CC(=O)NNC(=O)Cc1nc(-c2ccccc2)sc1-c1ccc(C)cc1. The second-order valence-electron chi connectivity index (χ2n) is 5.93. The van der Waals surface area contributed by atoms with E-state index in [2.05, 4.69) is 10.9 Å². The highest BCUT2D eigenvalue weighted by Crippen LogP contribution is 2.35. The predicted octanol–water partition coefficient (Wildman–Crippen LogP) is 3.50. The van der Waals surface area contributed by atoms with Crippen LogP contribution in [0.3, 0.4) is 0 Å². The minimum atomic E-state index is -0.319. The first-order valence-electron chi connectivity index (χ1n) is 8.20. The van der Waals surface area contributed by atoms with Gasteiger partial charge in [0.15, 0.2) is 0 Å². The zero-order chi connectivity index (χ0) is 18.5. The molecule has 0 saturated carbocycles. The van der Waals surface area contributed by atoms with E-state index in [0.717, 1.165) is 21.0 Å². The largest absolute Gasteiger partial charge is 0.274 e. The van der Waals surface area contributed by atoms with E-state index in [9.17, 15) is 9.59 Å². The molecule has 1 aromatic heterocycles. The first-order valence-corrected chi connectivity index (χ1v) is 9.02. The monoisotopic (exact) mass is 365 g/mol. The van der Waals surface area contributed by atoms with Crippen molar-refractivity contribution in [3.8, 4) is 21.0 Å². The standard InChI is InChI=1S/C20H19N3O2S/c1-13-8-10-15(11-9-13)19-17(12-18(25)23-22-14(2)24)21-20(26-19)16-6-4-3-5-7-16/h3-11H,12H2,1-2H3,(H,22,24)(H,23,25). The third-order valence-corrected chi connectivity index (χ3v) is 4.93. The number of aryl methyl sites for hydroxylation is 1. The quantitative estimate of drug-likeness (QED) is 0.695. The second kappa shape index (κ2) is 7.93. The van der Waals surface area contributed by atoms with Crippen molar-refractivity contribution in [3.63, 3.8) is 0 Å². The maximum absolute atomic E-state index is 12.1. The van der Waals surface area contributed by atoms with Gasteiger partial charge in [0.1, 0.15) is 5.01 Å². The first-order chi connectivity index (χ1) is 12.5. The van der Waals surface area contributed by atoms with Crippen LogP contribution in [-0.2, 0) is 16.0 Å². The van der Waals surface area contributed by atoms with E-state index in [1.807, 2.05) is 61.5 Å². The van der Waals surface area contributed by atoms with Gasteiger partial charge in [-0.1, -0.05) is 60.2 Å². The Morgan fingerprint density at radius 1 is 0.962 bits per heavy atom. The molecule has 3 aromatic rings. The van der Waals surface area contributed by atoms with Gasteiger partial charge in [-0.05, 0) is 12.5 Å². The average Bonchev–Trinajstić information content (AvgIpc) is 3.05. The lowest BCUT2D eigenvalue weighted by molar-refractivity contribution is -0.127. The Labute approximate surface area is 156 Å². The summed E-state index contributed by atoms with van der Waals surface area (Å²) in [5, 5.41) is 0.864. The second-order valence-corrected chi connectivity index (χ2v) is 6.93. The number of thiazole rings is 1. The zero-order valence-electron chi connectivity index (χ0n) is 14.6. The number of rotatable bonds is 4. The van der Waals surface area contributed by atoms with E-state index in [1.54, 1.807) is 11.3 Å². The van der Waals surface area contributed by atoms with Crippen LogP contribution < -0.4 is 10.9 Å². The molecule has 1 heterocycles. The Hall–Kier alpha value is -2.99. The van der Waals surface area contributed by atoms with Gasteiger partial charge in [-0.15, -0.1) is 11.3 Å². The molecule has 0 spiro atoms. The smallest absolute Gasteiger partial charge is 0.244 e. The number of amides is 2. The van der Waals surface area contributed by atoms with Gasteiger partial charge in [-0.3, -0.25) is 20.4 Å². The molecule has 132 valence electrons. The Balaban J connectivity index is 1.95. The highest BCUT2D eigenvalue weighted by atomic mass is 32.1. The number of hydrogen-bond donors (Lipinski definition) is 2. The fourth-order valence-electron chi connectivity index (χ4n) is 2.46. The maximum atomic E-state index is 12.1. The lowest BCUT2D eigenvalue weighted by Gasteiger charge is -2.05. The van der Waals surface area contributed by atoms with Crippen LogP contribution in [0.2, 0.25) is 0 Å². The minimum absolute atomic E-state index is 0.0901. The Morgan fingerprint density at radius 2 is 1.65 bits per heavy atom. The third kappa shape index (κ3) is 4.34. The number of benzene rings is 2. The summed E-state index contributed by atoms with van der Waals surface area (Å²) in [4.78, 5) is 28.8. The molecule has 5 nitrogen and oxygen atoms in total. The number of carbonyl (C=O) groups is 2. The van der Waals surface area contributed by atoms with E-state index < -0.39 is 0 Å². The van der Waals surface area contributed by atoms with Crippen LogP contribution in [0, 0.1) is 6.92 Å². The van der Waals surface area contributed by atoms with Crippen molar-refractivity contribution in [1.29, 1.82) is 0 Å². The van der Waals surface area contributed by atoms with E-state index in [-0.39, 0.29) is 18.2 Å². The van der Waals surface area contributed by atoms with Gasteiger partial charge in [0.25, 0.3) is 0 Å². The van der Waals surface area contributed by atoms with Crippen LogP contribution in [0.25, 0.3) is 21.0 Å². The summed E-state index contributed by atoms with van der Waals surface area (Å²) in [6, 6.07) is 18.0. The molecule has 0 aliphatic heterocycles. The number of hydrogen-bond acceptors (Lipinski definition) is 4. The highest BCUT2D eigenvalue weighted by Gasteiger charge is 2.17. The molecule has 2 N–H and O–H groups in total. The Bertz CT molecular complexity index is 918. The molecule has 0 aliphatic rings. The van der Waals surface area contributed by atoms with Crippen LogP contribution in [-0.4, -0.2) is 16.8 Å². The number of hydrazine groups is 1. The molecular formula is C20H19N3O2S. The predicted molar refractivity (Wildman–Crippen MR) is 103 cm³/mol. The first kappa shape index (κ1) is 17.8. The van der Waals surface area contributed by atoms with Gasteiger partial charge < -0.3 is 0 Å². The van der Waals surface area contributed by atoms with Crippen molar-refractivity contribution in [2.45, 2.75) is 20.3 Å². The Morgan fingerprint density at radius 3 is 2.31 bits per heavy atom. The number of nitrogens with one attached hydrogen (secondary N) is 2. The van der Waals surface area contributed by atoms with Crippen molar-refractivity contribution in [3.05, 3.63) is 65.9 Å². The Kier molecular flexibility index (Phi) is 5.43. The van der Waals surface area contributed by atoms with Crippen LogP contribution in [0.1, 0.15) is 18.2 Å². The van der Waals surface area contributed by atoms with Crippen molar-refractivity contribution in [1.82, 2.24) is 15.8 Å². The van der Waals surface area contributed by atoms with E-state index in [4.69, 9.17) is 4.98 Å². The van der Waals surface area contributed by atoms with Gasteiger partial charge in [-0.2, -0.15) is 0 Å². The number of nitrogens with zero attached hydrogens (tertiary/aromatic N) is 1. The molecule has 0 radical (unpaired) electrons. The van der Waals surface area contributed by atoms with Crippen LogP contribution in [0.15, 0.2) is 54.6 Å². The molecule has 0 bridgehead atoms. The van der Waals surface area contributed by atoms with Gasteiger partial charge in [0.05, 0.1) is 17.0 Å². The molecule has 0 aliphatic carbocycles. The normalized spacial score (nSPS) is 10.4. The molecule has 26 heavy (non-hydrogen) atoms. The topological polar surface area (TPSA) is 71.1 Å². The van der Waals surface area contributed by atoms with Crippen molar-refractivity contribution >= 4 is 23.2 Å². The molecular weight excluding hydrogens is 346 g/mol. The fourth-order valence-corrected chi connectivity index (χ4v) is 3.55. The van der Waals surface area contributed by atoms with Gasteiger partial charge in [-0.25, -0.2) is 4.98 Å². The molecule has 6 heteroatoms. The molecule has 0 saturated heterocycles. The fraction of sp³-hybridized carbons (Fsp3) is 0.150. The third-order valence-electron chi connectivity index (χ3n) is 3.74. The van der Waals surface area contributed by atoms with Gasteiger partial charge >= 0.3 is 0 Å². The van der Waals surface area contributed by atoms with E-state index in [1.165, 1.54) is 12.5 Å². The van der Waals surface area contributed by atoms with Gasteiger partial charge in [0, 0.05) is 12.5 Å². The minimum Gasteiger partial charge on any atom is -0.274 e. The lowest BCUT2D eigenvalue weighted by atomic mass is 10.1. The maximum Gasteiger partial charge on any atom is 0.244 e. The van der Waals surface area contributed by atoms with Crippen LogP contribution in [0.4, 0.5) is 0 Å². The molecule has 0 atom stereocenters. The highest BCUT2D eigenvalue weighted by molar-refractivity contribution is 7.18. The average molecular weight is 365 g/mol. The number of carbonyl (C=O) groups excluding carboxylic acids is 2. The molecule has 3 rings (SSSR count). The zero-order valence-corrected chi connectivity index (χ0v) is 15.4. The van der Waals surface area contributed by atoms with Gasteiger partial charge in [0.2, 0.25) is 11.8 Å². The van der Waals surface area contributed by atoms with Crippen LogP contribution in [0.5, 0.6) is 0 Å². The van der Waals surface area contributed by atoms with Crippen LogP contribution >= 0.6 is 11.3 Å². The summed E-state index contributed by atoms with van der Waals surface area (Å²) in [6.45, 7) is 3.38. The molecule has 0 unspecified atom stereocenters. The molecule has 2 amide bonds. The summed E-state index contributed by atoms with van der Waals surface area (Å²) >= 11 is 1.56. The number of aromatic nitrogens is 1. The van der Waals surface area contributed by atoms with E-state index in [0.29, 0.717) is 5.69 Å². The van der Waals surface area contributed by atoms with Crippen molar-refractivity contribution < 1.29 is 9.59 Å². The van der Waals surface area contributed by atoms with Crippen molar-refractivity contribution in [2.24, 2.45) is 0 Å². The summed E-state index contributed by atoms with van der Waals surface area (Å²) < 4.78 is 0. The summed E-state index contributed by atoms with van der Waals surface area (Å²) in [7, 11) is 0. The summed E-state index contributed by atoms with van der Waals surface area (Å²) in [5.41, 5.74) is 8.61. The summed E-state index contributed by atoms with van der Waals surface area (Å²) in [6.07, 6.45) is 0.0901. The molecule has 0 fully saturated rings. The molecule has 2 aromatic carbocycles. The lowest BCUT2D eigenvalue weighted by Crippen LogP contribution is -2.41. The summed E-state index contributed by atoms with van der Waals surface area (Å²) in [5.74, 6) is -0.626.